The van der Waals surface area contributed by atoms with Gasteiger partial charge in [-0.3, -0.25) is 9.59 Å². The minimum Gasteiger partial charge on any atom is -0.370 e. The first-order valence-corrected chi connectivity index (χ1v) is 16.1. The van der Waals surface area contributed by atoms with Crippen LogP contribution in [0.15, 0.2) is 0 Å². The monoisotopic (exact) mass is 528 g/mol. The lowest BCUT2D eigenvalue weighted by Crippen LogP contribution is -2.10. The molecule has 2 amide bonds. The zero-order valence-electron chi connectivity index (χ0n) is 24.9. The van der Waals surface area contributed by atoms with E-state index in [1.807, 2.05) is 0 Å². The van der Waals surface area contributed by atoms with Gasteiger partial charge < -0.3 is 11.5 Å². The minimum atomic E-state index is -0.189. The zero-order valence-corrected chi connectivity index (χ0v) is 24.9. The number of carbonyl (C=O) groups excluding carboxylic acids is 2. The second-order valence-corrected chi connectivity index (χ2v) is 11.1. The minimum absolute atomic E-state index is 0.189. The summed E-state index contributed by atoms with van der Waals surface area (Å²) < 4.78 is 0. The first kappa shape index (κ1) is 36.1. The molecule has 0 radical (unpaired) electrons. The summed E-state index contributed by atoms with van der Waals surface area (Å²) in [6.07, 6.45) is 30.2. The van der Waals surface area contributed by atoms with Gasteiger partial charge in [-0.1, -0.05) is 134 Å². The second kappa shape index (κ2) is 29.6. The van der Waals surface area contributed by atoms with Gasteiger partial charge in [-0.2, -0.15) is 0 Å². The lowest BCUT2D eigenvalue weighted by atomic mass is 9.89. The number of nitrogens with two attached hydrogens (primary N) is 2. The third-order valence-corrected chi connectivity index (χ3v) is 7.38. The smallest absolute Gasteiger partial charge is 0.217 e. The van der Waals surface area contributed by atoms with Crippen molar-refractivity contribution >= 4 is 11.8 Å². The number of unbranched alkanes of at least 4 members (excludes halogenated alkanes) is 17. The third-order valence-electron chi connectivity index (χ3n) is 7.38. The highest BCUT2D eigenvalue weighted by Gasteiger charge is 2.09. The summed E-state index contributed by atoms with van der Waals surface area (Å²) in [5.74, 6) is 12.9. The molecule has 218 valence electrons. The number of hydrogen-bond acceptors (Lipinski definition) is 2. The normalized spacial score (nSPS) is 10.6. The highest BCUT2D eigenvalue weighted by atomic mass is 16.1. The van der Waals surface area contributed by atoms with Crippen molar-refractivity contribution in [2.75, 3.05) is 0 Å². The van der Waals surface area contributed by atoms with Crippen molar-refractivity contribution in [1.29, 1.82) is 0 Å². The van der Waals surface area contributed by atoms with Gasteiger partial charge in [0, 0.05) is 25.7 Å². The van der Waals surface area contributed by atoms with Crippen molar-refractivity contribution in [3.05, 3.63) is 0 Å². The number of hydrogen-bond donors (Lipinski definition) is 2. The Morgan fingerprint density at radius 2 is 0.842 bits per heavy atom. The molecule has 0 aliphatic heterocycles. The van der Waals surface area contributed by atoms with E-state index < -0.39 is 0 Å². The molecule has 38 heavy (non-hydrogen) atoms. The van der Waals surface area contributed by atoms with Crippen LogP contribution in [-0.2, 0) is 9.59 Å². The van der Waals surface area contributed by atoms with Crippen LogP contribution >= 0.6 is 0 Å². The summed E-state index contributed by atoms with van der Waals surface area (Å²) in [6.45, 7) is 2.26. The van der Waals surface area contributed by atoms with Gasteiger partial charge in [-0.25, -0.2) is 0 Å². The van der Waals surface area contributed by atoms with Crippen molar-refractivity contribution in [3.8, 4) is 23.7 Å². The quantitative estimate of drug-likeness (QED) is 0.0824. The number of primary amides is 2. The Bertz CT molecular complexity index is 656. The van der Waals surface area contributed by atoms with Crippen LogP contribution in [0.4, 0.5) is 0 Å². The fourth-order valence-corrected chi connectivity index (χ4v) is 4.99. The molecule has 0 unspecified atom stereocenters. The fourth-order valence-electron chi connectivity index (χ4n) is 4.99. The van der Waals surface area contributed by atoms with E-state index >= 15 is 0 Å². The van der Waals surface area contributed by atoms with Gasteiger partial charge in [0.05, 0.1) is 0 Å². The summed E-state index contributed by atoms with van der Waals surface area (Å²) in [5, 5.41) is 0. The predicted molar refractivity (Wildman–Crippen MR) is 163 cm³/mol. The van der Waals surface area contributed by atoms with Gasteiger partial charge in [0.1, 0.15) is 0 Å². The molecule has 0 atom stereocenters. The Kier molecular flexibility index (Phi) is 28.1. The van der Waals surface area contributed by atoms with Crippen molar-refractivity contribution in [2.24, 2.45) is 17.4 Å². The van der Waals surface area contributed by atoms with E-state index in [0.717, 1.165) is 44.4 Å². The van der Waals surface area contributed by atoms with Crippen molar-refractivity contribution in [1.82, 2.24) is 0 Å². The predicted octanol–water partition coefficient (Wildman–Crippen LogP) is 8.74. The van der Waals surface area contributed by atoms with Crippen LogP contribution in [0.25, 0.3) is 0 Å². The van der Waals surface area contributed by atoms with Gasteiger partial charge in [0.25, 0.3) is 0 Å². The number of rotatable bonds is 27. The molecule has 0 aromatic heterocycles. The maximum Gasteiger partial charge on any atom is 0.217 e. The van der Waals surface area contributed by atoms with E-state index in [9.17, 15) is 9.59 Å². The summed E-state index contributed by atoms with van der Waals surface area (Å²) in [5.41, 5.74) is 10.5. The van der Waals surface area contributed by atoms with Crippen LogP contribution < -0.4 is 11.5 Å². The lowest BCUT2D eigenvalue weighted by Gasteiger charge is -2.17. The molecule has 0 saturated carbocycles. The highest BCUT2D eigenvalue weighted by molar-refractivity contribution is 5.73. The number of carbonyl (C=O) groups is 2. The third kappa shape index (κ3) is 30.3. The van der Waals surface area contributed by atoms with Crippen molar-refractivity contribution in [2.45, 2.75) is 174 Å². The average Bonchev–Trinajstić information content (AvgIpc) is 2.88. The molecule has 4 heteroatoms. The van der Waals surface area contributed by atoms with E-state index in [1.54, 1.807) is 0 Å². The second-order valence-electron chi connectivity index (χ2n) is 11.1. The van der Waals surface area contributed by atoms with Gasteiger partial charge in [-0.15, -0.1) is 0 Å². The van der Waals surface area contributed by atoms with Crippen LogP contribution in [-0.4, -0.2) is 11.8 Å². The Balaban J connectivity index is 3.80. The molecular weight excluding hydrogens is 468 g/mol. The summed E-state index contributed by atoms with van der Waals surface area (Å²) in [7, 11) is 0. The molecule has 0 bridgehead atoms. The van der Waals surface area contributed by atoms with E-state index in [2.05, 4.69) is 30.6 Å². The molecule has 0 aliphatic rings. The van der Waals surface area contributed by atoms with Gasteiger partial charge in [0.15, 0.2) is 0 Å². The van der Waals surface area contributed by atoms with Crippen LogP contribution in [0.2, 0.25) is 0 Å². The maximum atomic E-state index is 10.9. The van der Waals surface area contributed by atoms with E-state index in [0.29, 0.717) is 12.8 Å². The van der Waals surface area contributed by atoms with Crippen LogP contribution in [0, 0.1) is 29.6 Å². The van der Waals surface area contributed by atoms with E-state index in [-0.39, 0.29) is 11.8 Å². The van der Waals surface area contributed by atoms with Crippen LogP contribution in [0.3, 0.4) is 0 Å². The van der Waals surface area contributed by atoms with Crippen LogP contribution in [0.5, 0.6) is 0 Å². The van der Waals surface area contributed by atoms with Gasteiger partial charge in [0.2, 0.25) is 11.8 Å². The van der Waals surface area contributed by atoms with Gasteiger partial charge in [-0.05, 0) is 43.4 Å². The Hall–Kier alpha value is -1.94. The van der Waals surface area contributed by atoms with Crippen molar-refractivity contribution < 1.29 is 9.59 Å². The fraction of sp³-hybridized carbons (Fsp3) is 0.824. The Morgan fingerprint density at radius 3 is 1.24 bits per heavy atom. The molecule has 0 aromatic rings. The summed E-state index contributed by atoms with van der Waals surface area (Å²) in [6, 6.07) is 0. The Labute approximate surface area is 236 Å². The first-order chi connectivity index (χ1) is 18.6. The lowest BCUT2D eigenvalue weighted by molar-refractivity contribution is -0.119. The summed E-state index contributed by atoms with van der Waals surface area (Å²) >= 11 is 0. The molecular formula is C34H60N2O2. The molecule has 0 aliphatic carbocycles. The SMILES string of the molecule is CCCCCCCCCC#CC#CCCCCCCCCC(CCCCCC(N)=O)CCCCCC(N)=O. The molecule has 0 fully saturated rings. The molecule has 4 N–H and O–H groups in total. The van der Waals surface area contributed by atoms with E-state index in [4.69, 9.17) is 11.5 Å². The maximum absolute atomic E-state index is 10.9. The molecule has 0 heterocycles. The van der Waals surface area contributed by atoms with E-state index in [1.165, 1.54) is 116 Å². The van der Waals surface area contributed by atoms with Gasteiger partial charge >= 0.3 is 0 Å². The first-order valence-electron chi connectivity index (χ1n) is 16.1. The summed E-state index contributed by atoms with van der Waals surface area (Å²) in [4.78, 5) is 21.8. The molecule has 0 saturated heterocycles. The topological polar surface area (TPSA) is 86.2 Å². The standard InChI is InChI=1S/C34H60N2O2/c1-2-3-4-5-6-7-8-9-10-11-12-13-14-15-16-17-18-19-22-27-32(28-23-20-25-30-33(35)37)29-24-21-26-31-34(36)38/h32H,2-9,14-31H2,1H3,(H2,35,37)(H2,36,38). The molecule has 0 aromatic carbocycles. The number of amides is 2. The largest absolute Gasteiger partial charge is 0.370 e. The molecule has 4 nitrogen and oxygen atoms in total. The van der Waals surface area contributed by atoms with Crippen LogP contribution in [0.1, 0.15) is 174 Å². The molecule has 0 spiro atoms. The Morgan fingerprint density at radius 1 is 0.500 bits per heavy atom. The zero-order chi connectivity index (χ0) is 27.9. The average molecular weight is 529 g/mol. The molecule has 0 rings (SSSR count). The highest BCUT2D eigenvalue weighted by Crippen LogP contribution is 2.24. The van der Waals surface area contributed by atoms with Crippen molar-refractivity contribution in [3.63, 3.8) is 0 Å².